The number of hydrogen-bond acceptors (Lipinski definition) is 2. The Morgan fingerprint density at radius 2 is 0.823 bits per heavy atom. The van der Waals surface area contributed by atoms with Gasteiger partial charge in [-0.15, -0.1) is 0 Å². The average molecular weight is 797 g/mol. The molecular weight excluding hydrogens is 753 g/mol. The van der Waals surface area contributed by atoms with E-state index < -0.39 is 0 Å². The van der Waals surface area contributed by atoms with E-state index in [1.54, 1.807) is 0 Å². The third kappa shape index (κ3) is 5.85. The predicted molar refractivity (Wildman–Crippen MR) is 258 cm³/mol. The van der Waals surface area contributed by atoms with Gasteiger partial charge in [-0.05, 0) is 86.2 Å². The number of furan rings is 2. The maximum atomic E-state index is 6.44. The molecule has 0 saturated heterocycles. The molecule has 2 heteroatoms. The molecule has 0 amide bonds. The zero-order chi connectivity index (χ0) is 41.4. The van der Waals surface area contributed by atoms with Crippen molar-refractivity contribution in [2.24, 2.45) is 0 Å². The van der Waals surface area contributed by atoms with Gasteiger partial charge in [0.05, 0.1) is 0 Å². The van der Waals surface area contributed by atoms with Crippen LogP contribution in [0.3, 0.4) is 0 Å². The van der Waals surface area contributed by atoms with Crippen molar-refractivity contribution >= 4 is 43.9 Å². The van der Waals surface area contributed by atoms with Gasteiger partial charge in [-0.1, -0.05) is 202 Å². The van der Waals surface area contributed by atoms with Gasteiger partial charge in [0.15, 0.2) is 0 Å². The van der Waals surface area contributed by atoms with Crippen LogP contribution in [0.15, 0.2) is 209 Å². The molecule has 0 spiro atoms. The summed E-state index contributed by atoms with van der Waals surface area (Å²) in [4.78, 5) is 0. The second-order valence-corrected chi connectivity index (χ2v) is 17.5. The molecule has 0 aliphatic heterocycles. The molecule has 1 unspecified atom stereocenters. The van der Waals surface area contributed by atoms with Crippen LogP contribution in [0.5, 0.6) is 0 Å². The van der Waals surface area contributed by atoms with Gasteiger partial charge in [0.2, 0.25) is 0 Å². The number of benzene rings is 9. The van der Waals surface area contributed by atoms with E-state index in [9.17, 15) is 0 Å². The quantitative estimate of drug-likeness (QED) is 0.153. The number of rotatable bonds is 8. The van der Waals surface area contributed by atoms with Gasteiger partial charge in [-0.25, -0.2) is 0 Å². The van der Waals surface area contributed by atoms with Crippen LogP contribution in [0.1, 0.15) is 54.0 Å². The summed E-state index contributed by atoms with van der Waals surface area (Å²) in [5.74, 6) is 0.199. The minimum Gasteiger partial charge on any atom is -0.455 e. The highest BCUT2D eigenvalue weighted by molar-refractivity contribution is 6.10. The molecule has 0 N–H and O–H groups in total. The molecule has 2 aromatic heterocycles. The average Bonchev–Trinajstić information content (AvgIpc) is 3.98. The van der Waals surface area contributed by atoms with Crippen LogP contribution in [0, 0.1) is 0 Å². The van der Waals surface area contributed by atoms with Crippen molar-refractivity contribution < 1.29 is 8.83 Å². The highest BCUT2D eigenvalue weighted by Gasteiger charge is 2.36. The van der Waals surface area contributed by atoms with Crippen molar-refractivity contribution in [2.75, 3.05) is 0 Å². The van der Waals surface area contributed by atoms with E-state index >= 15 is 0 Å². The molecule has 1 aliphatic rings. The first kappa shape index (κ1) is 36.4. The fraction of sp³-hybridized carbons (Fsp3) is 0.100. The minimum absolute atomic E-state index is 0.0337. The Hall–Kier alpha value is -7.42. The Morgan fingerprint density at radius 3 is 1.42 bits per heavy atom. The van der Waals surface area contributed by atoms with E-state index in [2.05, 4.69) is 196 Å². The molecule has 0 radical (unpaired) electrons. The SMILES string of the molecule is CC1(C)c2ccccc2-c2c(-c3ccc(C(CCc4ccc(-c5cccc6c5oc5ccccc56)cc4)c4ccc(-c5cccc6c5oc5ccccc56)cc4)cc3)cccc21. The maximum Gasteiger partial charge on any atom is 0.143 e. The monoisotopic (exact) mass is 796 g/mol. The highest BCUT2D eigenvalue weighted by Crippen LogP contribution is 2.52. The van der Waals surface area contributed by atoms with Crippen molar-refractivity contribution in [3.63, 3.8) is 0 Å². The molecule has 62 heavy (non-hydrogen) atoms. The lowest BCUT2D eigenvalue weighted by molar-refractivity contribution is 0.660. The van der Waals surface area contributed by atoms with Crippen molar-refractivity contribution in [3.8, 4) is 44.5 Å². The summed E-state index contributed by atoms with van der Waals surface area (Å²) in [5, 5.41) is 4.61. The number of fused-ring (bicyclic) bond motifs is 9. The Labute approximate surface area is 361 Å². The predicted octanol–water partition coefficient (Wildman–Crippen LogP) is 16.6. The van der Waals surface area contributed by atoms with E-state index in [1.807, 2.05) is 18.2 Å². The molecule has 0 fully saturated rings. The largest absolute Gasteiger partial charge is 0.455 e. The van der Waals surface area contributed by atoms with Gasteiger partial charge in [0.1, 0.15) is 22.3 Å². The van der Waals surface area contributed by atoms with Gasteiger partial charge in [0, 0.05) is 44.0 Å². The fourth-order valence-corrected chi connectivity index (χ4v) is 10.4. The van der Waals surface area contributed by atoms with Crippen molar-refractivity contribution in [1.82, 2.24) is 0 Å². The smallest absolute Gasteiger partial charge is 0.143 e. The van der Waals surface area contributed by atoms with Crippen LogP contribution in [0.4, 0.5) is 0 Å². The highest BCUT2D eigenvalue weighted by atomic mass is 16.3. The first-order valence-corrected chi connectivity index (χ1v) is 21.8. The van der Waals surface area contributed by atoms with E-state index in [0.717, 1.165) is 73.4 Å². The maximum absolute atomic E-state index is 6.44. The van der Waals surface area contributed by atoms with Crippen LogP contribution >= 0.6 is 0 Å². The summed E-state index contributed by atoms with van der Waals surface area (Å²) in [6.45, 7) is 4.71. The molecule has 2 heterocycles. The molecular formula is C60H44O2. The third-order valence-electron chi connectivity index (χ3n) is 13.7. The Balaban J connectivity index is 0.886. The molecule has 12 rings (SSSR count). The standard InChI is InChI=1S/C60H44O2/c1-60(2)53-20-6-3-14-52(53)57-45(15-11-21-54(57)60)41-33-29-39(30-34-41)44(40-31-35-43(36-32-40)47-17-10-19-51-49-13-5-8-23-56(49)62-59(47)51)37-26-38-24-27-42(28-25-38)46-16-9-18-50-48-12-4-7-22-55(48)61-58(46)50/h3-25,27-36,44H,26,37H2,1-2H3. The van der Waals surface area contributed by atoms with Gasteiger partial charge in [0.25, 0.3) is 0 Å². The zero-order valence-corrected chi connectivity index (χ0v) is 34.9. The third-order valence-corrected chi connectivity index (χ3v) is 13.7. The van der Waals surface area contributed by atoms with Crippen molar-refractivity contribution in [1.29, 1.82) is 0 Å². The van der Waals surface area contributed by atoms with E-state index in [4.69, 9.17) is 8.83 Å². The van der Waals surface area contributed by atoms with Gasteiger partial charge in [-0.3, -0.25) is 0 Å². The fourth-order valence-electron chi connectivity index (χ4n) is 10.4. The zero-order valence-electron chi connectivity index (χ0n) is 34.9. The van der Waals surface area contributed by atoms with Crippen molar-refractivity contribution in [3.05, 3.63) is 228 Å². The van der Waals surface area contributed by atoms with E-state index in [-0.39, 0.29) is 11.3 Å². The van der Waals surface area contributed by atoms with Crippen LogP contribution in [0.25, 0.3) is 88.4 Å². The minimum atomic E-state index is -0.0337. The number of aryl methyl sites for hydroxylation is 1. The summed E-state index contributed by atoms with van der Waals surface area (Å²) in [6.07, 6.45) is 1.91. The molecule has 0 saturated carbocycles. The first-order valence-electron chi connectivity index (χ1n) is 21.8. The molecule has 1 atom stereocenters. The molecule has 1 aliphatic carbocycles. The lowest BCUT2D eigenvalue weighted by Crippen LogP contribution is -2.14. The normalized spacial score (nSPS) is 13.5. The second-order valence-electron chi connectivity index (χ2n) is 17.5. The van der Waals surface area contributed by atoms with Crippen LogP contribution in [0.2, 0.25) is 0 Å². The summed E-state index contributed by atoms with van der Waals surface area (Å²) >= 11 is 0. The lowest BCUT2D eigenvalue weighted by atomic mass is 9.82. The number of para-hydroxylation sites is 4. The first-order chi connectivity index (χ1) is 30.5. The van der Waals surface area contributed by atoms with E-state index in [1.165, 1.54) is 55.6 Å². The van der Waals surface area contributed by atoms with Crippen LogP contribution in [-0.2, 0) is 11.8 Å². The lowest BCUT2D eigenvalue weighted by Gasteiger charge is -2.22. The van der Waals surface area contributed by atoms with Crippen LogP contribution < -0.4 is 0 Å². The molecule has 9 aromatic carbocycles. The Kier molecular flexibility index (Phi) is 8.44. The topological polar surface area (TPSA) is 26.3 Å². The summed E-state index contributed by atoms with van der Waals surface area (Å²) < 4.78 is 12.8. The summed E-state index contributed by atoms with van der Waals surface area (Å²) in [7, 11) is 0. The Morgan fingerprint density at radius 1 is 0.387 bits per heavy atom. The molecule has 296 valence electrons. The van der Waals surface area contributed by atoms with Gasteiger partial charge < -0.3 is 8.83 Å². The molecule has 0 bridgehead atoms. The van der Waals surface area contributed by atoms with Crippen LogP contribution in [-0.4, -0.2) is 0 Å². The Bertz CT molecular complexity index is 3470. The number of hydrogen-bond donors (Lipinski definition) is 0. The molecule has 2 nitrogen and oxygen atoms in total. The van der Waals surface area contributed by atoms with Crippen molar-refractivity contribution in [2.45, 2.75) is 38.0 Å². The van der Waals surface area contributed by atoms with E-state index in [0.29, 0.717) is 0 Å². The summed E-state index contributed by atoms with van der Waals surface area (Å²) in [6, 6.07) is 73.0. The second kappa shape index (κ2) is 14.4. The molecule has 11 aromatic rings. The summed E-state index contributed by atoms with van der Waals surface area (Å²) in [5.41, 5.74) is 20.3. The van der Waals surface area contributed by atoms with Gasteiger partial charge >= 0.3 is 0 Å². The van der Waals surface area contributed by atoms with Gasteiger partial charge in [-0.2, -0.15) is 0 Å².